The van der Waals surface area contributed by atoms with Crippen molar-refractivity contribution in [1.29, 1.82) is 0 Å². The third-order valence-electron chi connectivity index (χ3n) is 4.23. The molecular formula is C18H22N2O3S. The van der Waals surface area contributed by atoms with Gasteiger partial charge < -0.3 is 15.8 Å². The van der Waals surface area contributed by atoms with E-state index < -0.39 is 9.84 Å². The van der Waals surface area contributed by atoms with Gasteiger partial charge in [0.05, 0.1) is 10.1 Å². The fourth-order valence-electron chi connectivity index (χ4n) is 2.87. The van der Waals surface area contributed by atoms with Gasteiger partial charge in [0.2, 0.25) is 0 Å². The van der Waals surface area contributed by atoms with Gasteiger partial charge in [-0.3, -0.25) is 0 Å². The first-order chi connectivity index (χ1) is 11.6. The molecule has 1 aliphatic heterocycles. The molecule has 1 aliphatic rings. The van der Waals surface area contributed by atoms with Crippen molar-refractivity contribution >= 4 is 15.5 Å². The zero-order chi connectivity index (χ0) is 17.0. The van der Waals surface area contributed by atoms with Crippen LogP contribution in [0.1, 0.15) is 18.4 Å². The van der Waals surface area contributed by atoms with Crippen molar-refractivity contribution < 1.29 is 13.2 Å². The Labute approximate surface area is 142 Å². The van der Waals surface area contributed by atoms with Gasteiger partial charge in [-0.15, -0.1) is 0 Å². The minimum Gasteiger partial charge on any atom is -0.489 e. The van der Waals surface area contributed by atoms with Crippen LogP contribution in [0.25, 0.3) is 0 Å². The van der Waals surface area contributed by atoms with E-state index in [1.54, 1.807) is 24.3 Å². The topological polar surface area (TPSA) is 81.4 Å². The zero-order valence-electron chi connectivity index (χ0n) is 13.4. The highest BCUT2D eigenvalue weighted by Crippen LogP contribution is 2.24. The fraction of sp³-hybridized carbons (Fsp3) is 0.333. The van der Waals surface area contributed by atoms with Crippen molar-refractivity contribution in [1.82, 2.24) is 5.32 Å². The van der Waals surface area contributed by atoms with E-state index in [0.29, 0.717) is 35.8 Å². The Morgan fingerprint density at radius 2 is 1.79 bits per heavy atom. The summed E-state index contributed by atoms with van der Waals surface area (Å²) >= 11 is 0. The molecule has 3 N–H and O–H groups in total. The van der Waals surface area contributed by atoms with Gasteiger partial charge in [0.1, 0.15) is 12.4 Å². The second-order valence-corrected chi connectivity index (χ2v) is 8.23. The summed E-state index contributed by atoms with van der Waals surface area (Å²) in [6.07, 6.45) is 1.33. The van der Waals surface area contributed by atoms with Crippen LogP contribution in [0.3, 0.4) is 0 Å². The highest BCUT2D eigenvalue weighted by Gasteiger charge is 2.28. The number of hydrogen-bond acceptors (Lipinski definition) is 5. The molecule has 1 saturated heterocycles. The van der Waals surface area contributed by atoms with Crippen LogP contribution in [0.4, 0.5) is 5.69 Å². The Bertz CT molecular complexity index is 782. The van der Waals surface area contributed by atoms with Crippen molar-refractivity contribution in [3.63, 3.8) is 0 Å². The van der Waals surface area contributed by atoms with Crippen LogP contribution in [-0.4, -0.2) is 26.8 Å². The van der Waals surface area contributed by atoms with Gasteiger partial charge >= 0.3 is 0 Å². The molecule has 0 atom stereocenters. The summed E-state index contributed by atoms with van der Waals surface area (Å²) in [5.74, 6) is 0.640. The number of piperidine rings is 1. The normalized spacial score (nSPS) is 16.0. The average molecular weight is 346 g/mol. The van der Waals surface area contributed by atoms with Crippen molar-refractivity contribution in [2.75, 3.05) is 18.8 Å². The number of rotatable bonds is 5. The Balaban J connectivity index is 1.66. The van der Waals surface area contributed by atoms with Crippen molar-refractivity contribution in [2.45, 2.75) is 29.6 Å². The average Bonchev–Trinajstić information content (AvgIpc) is 2.61. The second-order valence-electron chi connectivity index (χ2n) is 6.00. The Morgan fingerprint density at radius 3 is 2.46 bits per heavy atom. The summed E-state index contributed by atoms with van der Waals surface area (Å²) in [4.78, 5) is 0.366. The standard InChI is InChI=1S/C18H22N2O3S/c19-15-3-1-2-14(12-15)13-23-16-4-6-17(7-5-16)24(21,22)18-8-10-20-11-9-18/h1-7,12,18,20H,8-11,13,19H2. The summed E-state index contributed by atoms with van der Waals surface area (Å²) in [5.41, 5.74) is 7.41. The number of benzene rings is 2. The molecule has 2 aromatic rings. The molecule has 0 aromatic heterocycles. The summed E-state index contributed by atoms with van der Waals surface area (Å²) in [7, 11) is -3.26. The van der Waals surface area contributed by atoms with Crippen LogP contribution in [0, 0.1) is 0 Å². The number of hydrogen-bond donors (Lipinski definition) is 2. The highest BCUT2D eigenvalue weighted by molar-refractivity contribution is 7.92. The van der Waals surface area contributed by atoms with E-state index in [2.05, 4.69) is 5.32 Å². The first kappa shape index (κ1) is 16.8. The predicted octanol–water partition coefficient (Wildman–Crippen LogP) is 2.37. The molecule has 2 aromatic carbocycles. The summed E-state index contributed by atoms with van der Waals surface area (Å²) in [6.45, 7) is 1.90. The van der Waals surface area contributed by atoms with Crippen molar-refractivity contribution in [2.24, 2.45) is 0 Å². The highest BCUT2D eigenvalue weighted by atomic mass is 32.2. The Hall–Kier alpha value is -2.05. The number of nitrogen functional groups attached to an aromatic ring is 1. The molecule has 1 heterocycles. The molecule has 0 unspecified atom stereocenters. The van der Waals surface area contributed by atoms with E-state index in [-0.39, 0.29) is 5.25 Å². The van der Waals surface area contributed by atoms with Crippen LogP contribution in [0.2, 0.25) is 0 Å². The van der Waals surface area contributed by atoms with Crippen LogP contribution in [0.5, 0.6) is 5.75 Å². The first-order valence-electron chi connectivity index (χ1n) is 8.07. The number of nitrogens with two attached hydrogens (primary N) is 1. The first-order valence-corrected chi connectivity index (χ1v) is 9.62. The number of sulfone groups is 1. The number of ether oxygens (including phenoxy) is 1. The van der Waals surface area contributed by atoms with Crippen LogP contribution < -0.4 is 15.8 Å². The maximum Gasteiger partial charge on any atom is 0.181 e. The van der Waals surface area contributed by atoms with Gasteiger partial charge in [0, 0.05) is 5.69 Å². The van der Waals surface area contributed by atoms with E-state index in [4.69, 9.17) is 10.5 Å². The van der Waals surface area contributed by atoms with E-state index in [9.17, 15) is 8.42 Å². The number of nitrogens with one attached hydrogen (secondary N) is 1. The molecule has 3 rings (SSSR count). The molecule has 0 spiro atoms. The lowest BCUT2D eigenvalue weighted by Crippen LogP contribution is -2.35. The summed E-state index contributed by atoms with van der Waals surface area (Å²) in [5, 5.41) is 2.90. The smallest absolute Gasteiger partial charge is 0.181 e. The Morgan fingerprint density at radius 1 is 1.08 bits per heavy atom. The monoisotopic (exact) mass is 346 g/mol. The molecule has 5 nitrogen and oxygen atoms in total. The molecule has 0 radical (unpaired) electrons. The maximum absolute atomic E-state index is 12.6. The molecule has 6 heteroatoms. The SMILES string of the molecule is Nc1cccc(COc2ccc(S(=O)(=O)C3CCNCC3)cc2)c1. The van der Waals surface area contributed by atoms with Crippen molar-refractivity contribution in [3.05, 3.63) is 54.1 Å². The predicted molar refractivity (Wildman–Crippen MR) is 94.7 cm³/mol. The number of anilines is 1. The van der Waals surface area contributed by atoms with E-state index >= 15 is 0 Å². The third kappa shape index (κ3) is 3.88. The van der Waals surface area contributed by atoms with E-state index in [0.717, 1.165) is 18.7 Å². The quantitative estimate of drug-likeness (QED) is 0.813. The zero-order valence-corrected chi connectivity index (χ0v) is 14.3. The lowest BCUT2D eigenvalue weighted by Gasteiger charge is -2.22. The molecule has 0 bridgehead atoms. The van der Waals surface area contributed by atoms with Crippen LogP contribution in [0.15, 0.2) is 53.4 Å². The van der Waals surface area contributed by atoms with Gasteiger partial charge in [0.25, 0.3) is 0 Å². The lowest BCUT2D eigenvalue weighted by molar-refractivity contribution is 0.306. The van der Waals surface area contributed by atoms with Crippen molar-refractivity contribution in [3.8, 4) is 5.75 Å². The molecule has 0 saturated carbocycles. The third-order valence-corrected chi connectivity index (χ3v) is 6.51. The molecule has 0 aliphatic carbocycles. The largest absolute Gasteiger partial charge is 0.489 e. The molecule has 24 heavy (non-hydrogen) atoms. The van der Waals surface area contributed by atoms with E-state index in [1.807, 2.05) is 24.3 Å². The van der Waals surface area contributed by atoms with Crippen LogP contribution >= 0.6 is 0 Å². The van der Waals surface area contributed by atoms with Gasteiger partial charge in [-0.05, 0) is 67.9 Å². The lowest BCUT2D eigenvalue weighted by atomic mass is 10.2. The van der Waals surface area contributed by atoms with Gasteiger partial charge in [-0.1, -0.05) is 12.1 Å². The minimum atomic E-state index is -3.26. The fourth-order valence-corrected chi connectivity index (χ4v) is 4.63. The summed E-state index contributed by atoms with van der Waals surface area (Å²) in [6, 6.07) is 14.2. The maximum atomic E-state index is 12.6. The van der Waals surface area contributed by atoms with E-state index in [1.165, 1.54) is 0 Å². The molecule has 1 fully saturated rings. The Kier molecular flexibility index (Phi) is 5.06. The van der Waals surface area contributed by atoms with Gasteiger partial charge in [-0.25, -0.2) is 8.42 Å². The summed E-state index contributed by atoms with van der Waals surface area (Å²) < 4.78 is 31.0. The molecular weight excluding hydrogens is 324 g/mol. The van der Waals surface area contributed by atoms with Gasteiger partial charge in [0.15, 0.2) is 9.84 Å². The van der Waals surface area contributed by atoms with Gasteiger partial charge in [-0.2, -0.15) is 0 Å². The van der Waals surface area contributed by atoms with Crippen LogP contribution in [-0.2, 0) is 16.4 Å². The molecule has 0 amide bonds. The minimum absolute atomic E-state index is 0.294. The second kappa shape index (κ2) is 7.23. The molecule has 128 valence electrons.